The quantitative estimate of drug-likeness (QED) is 0.250. The summed E-state index contributed by atoms with van der Waals surface area (Å²) in [4.78, 5) is 49.7. The van der Waals surface area contributed by atoms with Crippen LogP contribution >= 0.6 is 0 Å². The molecular formula is C24H35N5O5. The second kappa shape index (κ2) is 11.1. The average molecular weight is 474 g/mol. The van der Waals surface area contributed by atoms with Crippen LogP contribution in [0.3, 0.4) is 0 Å². The van der Waals surface area contributed by atoms with Crippen molar-refractivity contribution >= 4 is 29.7 Å². The van der Waals surface area contributed by atoms with Gasteiger partial charge in [-0.05, 0) is 37.3 Å². The van der Waals surface area contributed by atoms with Crippen LogP contribution < -0.4 is 27.0 Å². The minimum Gasteiger partial charge on any atom is -0.389 e. The summed E-state index contributed by atoms with van der Waals surface area (Å²) in [6.45, 7) is 4.43. The van der Waals surface area contributed by atoms with E-state index in [4.69, 9.17) is 5.73 Å². The first-order valence-electron chi connectivity index (χ1n) is 11.8. The highest BCUT2D eigenvalue weighted by Crippen LogP contribution is 2.29. The van der Waals surface area contributed by atoms with Gasteiger partial charge in [0.1, 0.15) is 11.8 Å². The number of benzene rings is 1. The van der Waals surface area contributed by atoms with E-state index in [1.807, 2.05) is 19.9 Å². The minimum atomic E-state index is -1.64. The number of rotatable bonds is 10. The van der Waals surface area contributed by atoms with Crippen LogP contribution in [0.2, 0.25) is 0 Å². The number of nitrogens with one attached hydrogen (secondary N) is 4. The highest BCUT2D eigenvalue weighted by Gasteiger charge is 2.53. The van der Waals surface area contributed by atoms with Gasteiger partial charge in [-0.15, -0.1) is 0 Å². The second-order valence-electron chi connectivity index (χ2n) is 9.71. The Bertz CT molecular complexity index is 895. The van der Waals surface area contributed by atoms with Gasteiger partial charge in [-0.1, -0.05) is 32.0 Å². The monoisotopic (exact) mass is 473 g/mol. The molecule has 2 heterocycles. The zero-order chi connectivity index (χ0) is 24.9. The van der Waals surface area contributed by atoms with Crippen molar-refractivity contribution in [2.75, 3.05) is 18.4 Å². The molecule has 0 unspecified atom stereocenters. The Kier molecular flexibility index (Phi) is 8.40. The van der Waals surface area contributed by atoms with Crippen LogP contribution in [0, 0.1) is 17.8 Å². The maximum Gasteiger partial charge on any atom is 0.248 e. The standard InChI is InChI=1S/C24H35N5O5/c1-14(2)10-18(22(33)28-17(12-30)11-15-8-9-26-21(15)32)19-20(31)24(25,13-27-19)23(34)29-16-6-4-3-5-7-16/h3-7,12,14-15,17-20,27,31H,8-11,13,25H2,1-2H3,(H,26,32)(H,28,33)(H,29,34)/t15-,17-,18+,19-,20-,24-/m0/s1. The Morgan fingerprint density at radius 3 is 2.59 bits per heavy atom. The lowest BCUT2D eigenvalue weighted by Crippen LogP contribution is -2.61. The van der Waals surface area contributed by atoms with Crippen molar-refractivity contribution in [1.82, 2.24) is 16.0 Å². The zero-order valence-corrected chi connectivity index (χ0v) is 19.6. The maximum atomic E-state index is 13.2. The number of aliphatic hydroxyl groups excluding tert-OH is 1. The number of carbonyl (C=O) groups excluding carboxylic acids is 4. The molecule has 10 heteroatoms. The molecule has 7 N–H and O–H groups in total. The molecule has 0 aromatic heterocycles. The summed E-state index contributed by atoms with van der Waals surface area (Å²) in [5.74, 6) is -2.05. The Hall–Kier alpha value is -2.82. The molecule has 0 saturated carbocycles. The largest absolute Gasteiger partial charge is 0.389 e. The first-order valence-corrected chi connectivity index (χ1v) is 11.8. The van der Waals surface area contributed by atoms with Crippen LogP contribution in [-0.4, -0.2) is 65.9 Å². The predicted molar refractivity (Wildman–Crippen MR) is 126 cm³/mol. The smallest absolute Gasteiger partial charge is 0.248 e. The topological polar surface area (TPSA) is 163 Å². The van der Waals surface area contributed by atoms with Crippen molar-refractivity contribution in [3.05, 3.63) is 30.3 Å². The molecule has 1 aromatic rings. The number of amides is 3. The number of nitrogens with two attached hydrogens (primary N) is 1. The number of aldehydes is 1. The molecule has 34 heavy (non-hydrogen) atoms. The van der Waals surface area contributed by atoms with Crippen molar-refractivity contribution in [1.29, 1.82) is 0 Å². The first-order chi connectivity index (χ1) is 16.2. The molecule has 3 amide bonds. The van der Waals surface area contributed by atoms with Gasteiger partial charge in [0.25, 0.3) is 0 Å². The zero-order valence-electron chi connectivity index (χ0n) is 19.6. The van der Waals surface area contributed by atoms with E-state index >= 15 is 0 Å². The van der Waals surface area contributed by atoms with Crippen molar-refractivity contribution in [2.45, 2.75) is 56.8 Å². The Labute approximate surface area is 199 Å². The lowest BCUT2D eigenvalue weighted by atomic mass is 9.82. The molecule has 3 rings (SSSR count). The lowest BCUT2D eigenvalue weighted by Gasteiger charge is -2.32. The van der Waals surface area contributed by atoms with E-state index in [1.54, 1.807) is 24.3 Å². The fourth-order valence-corrected chi connectivity index (χ4v) is 4.71. The third kappa shape index (κ3) is 5.81. The molecule has 2 fully saturated rings. The Morgan fingerprint density at radius 1 is 1.29 bits per heavy atom. The molecule has 2 saturated heterocycles. The van der Waals surface area contributed by atoms with Gasteiger partial charge in [0.05, 0.1) is 18.1 Å². The lowest BCUT2D eigenvalue weighted by molar-refractivity contribution is -0.131. The molecule has 0 bridgehead atoms. The van der Waals surface area contributed by atoms with E-state index in [2.05, 4.69) is 21.3 Å². The summed E-state index contributed by atoms with van der Waals surface area (Å²) < 4.78 is 0. The van der Waals surface area contributed by atoms with Gasteiger partial charge in [-0.2, -0.15) is 0 Å². The highest BCUT2D eigenvalue weighted by atomic mass is 16.3. The van der Waals surface area contributed by atoms with Gasteiger partial charge in [0.15, 0.2) is 0 Å². The molecule has 2 aliphatic heterocycles. The van der Waals surface area contributed by atoms with Gasteiger partial charge >= 0.3 is 0 Å². The van der Waals surface area contributed by atoms with E-state index in [1.165, 1.54) is 0 Å². The van der Waals surface area contributed by atoms with Crippen LogP contribution in [0.15, 0.2) is 30.3 Å². The first kappa shape index (κ1) is 25.8. The van der Waals surface area contributed by atoms with Crippen molar-refractivity contribution in [3.63, 3.8) is 0 Å². The van der Waals surface area contributed by atoms with Crippen LogP contribution in [0.5, 0.6) is 0 Å². The molecule has 0 radical (unpaired) electrons. The van der Waals surface area contributed by atoms with Crippen molar-refractivity contribution in [2.24, 2.45) is 23.5 Å². The Morgan fingerprint density at radius 2 is 2.00 bits per heavy atom. The van der Waals surface area contributed by atoms with Gasteiger partial charge in [-0.3, -0.25) is 14.4 Å². The summed E-state index contributed by atoms with van der Waals surface area (Å²) in [5.41, 5.74) is 5.26. The summed E-state index contributed by atoms with van der Waals surface area (Å²) in [5, 5.41) is 22.3. The van der Waals surface area contributed by atoms with Crippen LogP contribution in [0.25, 0.3) is 0 Å². The number of hydrogen-bond donors (Lipinski definition) is 6. The van der Waals surface area contributed by atoms with Crippen molar-refractivity contribution < 1.29 is 24.3 Å². The minimum absolute atomic E-state index is 0.0151. The molecule has 10 nitrogen and oxygen atoms in total. The second-order valence-corrected chi connectivity index (χ2v) is 9.71. The summed E-state index contributed by atoms with van der Waals surface area (Å²) in [6.07, 6.45) is 0.544. The van der Waals surface area contributed by atoms with Gasteiger partial charge in [0, 0.05) is 30.7 Å². The van der Waals surface area contributed by atoms with Crippen molar-refractivity contribution in [3.8, 4) is 0 Å². The average Bonchev–Trinajstić information content (AvgIpc) is 3.35. The maximum absolute atomic E-state index is 13.2. The van der Waals surface area contributed by atoms with Gasteiger partial charge in [-0.25, -0.2) is 0 Å². The summed E-state index contributed by atoms with van der Waals surface area (Å²) >= 11 is 0. The molecule has 186 valence electrons. The van der Waals surface area contributed by atoms with Gasteiger partial charge < -0.3 is 36.9 Å². The third-order valence-electron chi connectivity index (χ3n) is 6.64. The van der Waals surface area contributed by atoms with E-state index in [9.17, 15) is 24.3 Å². The number of hydrogen-bond acceptors (Lipinski definition) is 7. The number of aliphatic hydroxyl groups is 1. The van der Waals surface area contributed by atoms with Crippen LogP contribution in [0.1, 0.15) is 33.1 Å². The van der Waals surface area contributed by atoms with E-state index in [-0.39, 0.29) is 30.7 Å². The highest BCUT2D eigenvalue weighted by molar-refractivity contribution is 5.99. The fraction of sp³-hybridized carbons (Fsp3) is 0.583. The molecule has 6 atom stereocenters. The van der Waals surface area contributed by atoms with Crippen LogP contribution in [-0.2, 0) is 19.2 Å². The normalized spacial score (nSPS) is 28.3. The molecule has 2 aliphatic rings. The summed E-state index contributed by atoms with van der Waals surface area (Å²) in [6, 6.07) is 7.18. The molecule has 1 aromatic carbocycles. The van der Waals surface area contributed by atoms with Gasteiger partial charge in [0.2, 0.25) is 17.7 Å². The number of para-hydroxylation sites is 1. The third-order valence-corrected chi connectivity index (χ3v) is 6.64. The van der Waals surface area contributed by atoms with Crippen LogP contribution in [0.4, 0.5) is 5.69 Å². The Balaban J connectivity index is 1.71. The predicted octanol–water partition coefficient (Wildman–Crippen LogP) is -0.472. The van der Waals surface area contributed by atoms with E-state index in [0.29, 0.717) is 31.4 Å². The number of carbonyl (C=O) groups is 4. The molecular weight excluding hydrogens is 438 g/mol. The van der Waals surface area contributed by atoms with E-state index in [0.717, 1.165) is 0 Å². The summed E-state index contributed by atoms with van der Waals surface area (Å²) in [7, 11) is 0. The number of anilines is 1. The fourth-order valence-electron chi connectivity index (χ4n) is 4.71. The molecule has 0 spiro atoms. The SMILES string of the molecule is CC(C)C[C@@H](C(=O)N[C@H](C=O)C[C@@H]1CCNC1=O)[C@@H]1NC[C@@](N)(C(=O)Nc2ccccc2)[C@H]1O. The molecule has 0 aliphatic carbocycles. The van der Waals surface area contributed by atoms with E-state index < -0.39 is 41.5 Å².